The second kappa shape index (κ2) is 7.24. The lowest BCUT2D eigenvalue weighted by atomic mass is 10.2. The average molecular weight is 382 g/mol. The van der Waals surface area contributed by atoms with E-state index in [-0.39, 0.29) is 16.9 Å². The molecule has 2 heterocycles. The standard InChI is InChI=1S/C19H15FN4O2S/c20-14-9-5-4-8-13(14)11-27-19-21-15-16(18(26)23-22-17(15)25)24(19)10-12-6-2-1-3-7-12/h1-9H,10-11H2,(H,22,25)(H,23,26). The van der Waals surface area contributed by atoms with Gasteiger partial charge >= 0.3 is 0 Å². The second-order valence-corrected chi connectivity index (χ2v) is 6.89. The van der Waals surface area contributed by atoms with Gasteiger partial charge in [0.2, 0.25) is 0 Å². The number of nitrogens with one attached hydrogen (secondary N) is 2. The number of rotatable bonds is 5. The molecule has 0 saturated heterocycles. The smallest absolute Gasteiger partial charge is 0.290 e. The van der Waals surface area contributed by atoms with Gasteiger partial charge in [-0.15, -0.1) is 0 Å². The molecule has 0 unspecified atom stereocenters. The summed E-state index contributed by atoms with van der Waals surface area (Å²) in [7, 11) is 0. The van der Waals surface area contributed by atoms with E-state index in [2.05, 4.69) is 15.2 Å². The van der Waals surface area contributed by atoms with Crippen LogP contribution in [-0.4, -0.2) is 19.7 Å². The number of aromatic amines is 2. The number of imidazole rings is 1. The maximum atomic E-state index is 13.9. The lowest BCUT2D eigenvalue weighted by Crippen LogP contribution is -2.20. The van der Waals surface area contributed by atoms with Crippen LogP contribution in [0, 0.1) is 5.82 Å². The molecule has 4 rings (SSSR count). The lowest BCUT2D eigenvalue weighted by molar-refractivity contribution is 0.617. The van der Waals surface area contributed by atoms with Crippen LogP contribution < -0.4 is 11.1 Å². The third kappa shape index (κ3) is 3.43. The Bertz CT molecular complexity index is 1210. The number of nitrogens with zero attached hydrogens (tertiary/aromatic N) is 2. The molecule has 8 heteroatoms. The number of fused-ring (bicyclic) bond motifs is 1. The van der Waals surface area contributed by atoms with Crippen molar-refractivity contribution in [1.82, 2.24) is 19.7 Å². The van der Waals surface area contributed by atoms with Gasteiger partial charge in [0, 0.05) is 5.75 Å². The molecular weight excluding hydrogens is 367 g/mol. The zero-order valence-corrected chi connectivity index (χ0v) is 14.9. The maximum Gasteiger partial charge on any atom is 0.290 e. The quantitative estimate of drug-likeness (QED) is 0.520. The van der Waals surface area contributed by atoms with E-state index in [1.54, 1.807) is 22.8 Å². The highest BCUT2D eigenvalue weighted by molar-refractivity contribution is 7.98. The highest BCUT2D eigenvalue weighted by atomic mass is 32.2. The molecule has 0 bridgehead atoms. The normalized spacial score (nSPS) is 11.1. The first-order valence-corrected chi connectivity index (χ1v) is 9.23. The van der Waals surface area contributed by atoms with Crippen molar-refractivity contribution in [2.75, 3.05) is 0 Å². The summed E-state index contributed by atoms with van der Waals surface area (Å²) in [5, 5.41) is 5.12. The molecule has 6 nitrogen and oxygen atoms in total. The summed E-state index contributed by atoms with van der Waals surface area (Å²) in [5.74, 6) is 0.0343. The minimum absolute atomic E-state index is 0.0747. The number of hydrogen-bond acceptors (Lipinski definition) is 4. The van der Waals surface area contributed by atoms with Crippen LogP contribution in [-0.2, 0) is 12.3 Å². The fourth-order valence-corrected chi connectivity index (χ4v) is 3.82. The predicted octanol–water partition coefficient (Wildman–Crippen LogP) is 2.89. The van der Waals surface area contributed by atoms with E-state index in [9.17, 15) is 14.0 Å². The van der Waals surface area contributed by atoms with Crippen molar-refractivity contribution in [3.05, 3.63) is 92.2 Å². The third-order valence-electron chi connectivity index (χ3n) is 4.15. The molecule has 0 radical (unpaired) electrons. The van der Waals surface area contributed by atoms with Gasteiger partial charge in [-0.2, -0.15) is 0 Å². The molecule has 0 spiro atoms. The number of aromatic nitrogens is 4. The highest BCUT2D eigenvalue weighted by Crippen LogP contribution is 2.26. The summed E-state index contributed by atoms with van der Waals surface area (Å²) in [6, 6.07) is 16.1. The summed E-state index contributed by atoms with van der Waals surface area (Å²) in [6.45, 7) is 0.378. The highest BCUT2D eigenvalue weighted by Gasteiger charge is 2.18. The molecule has 0 amide bonds. The van der Waals surface area contributed by atoms with Gasteiger partial charge < -0.3 is 4.57 Å². The Balaban J connectivity index is 1.79. The molecule has 0 aliphatic carbocycles. The van der Waals surface area contributed by atoms with Crippen molar-refractivity contribution >= 4 is 22.8 Å². The van der Waals surface area contributed by atoms with Gasteiger partial charge in [-0.25, -0.2) is 9.37 Å². The van der Waals surface area contributed by atoms with Crippen LogP contribution in [0.15, 0.2) is 69.3 Å². The van der Waals surface area contributed by atoms with Crippen LogP contribution in [0.1, 0.15) is 11.1 Å². The fraction of sp³-hybridized carbons (Fsp3) is 0.105. The summed E-state index contributed by atoms with van der Waals surface area (Å²) in [4.78, 5) is 28.8. The molecule has 27 heavy (non-hydrogen) atoms. The van der Waals surface area contributed by atoms with Crippen LogP contribution in [0.4, 0.5) is 4.39 Å². The zero-order valence-electron chi connectivity index (χ0n) is 14.1. The summed E-state index contributed by atoms with van der Waals surface area (Å²) in [6.07, 6.45) is 0. The average Bonchev–Trinajstić information content (AvgIpc) is 3.04. The van der Waals surface area contributed by atoms with Crippen LogP contribution in [0.2, 0.25) is 0 Å². The van der Waals surface area contributed by atoms with Crippen molar-refractivity contribution in [1.29, 1.82) is 0 Å². The molecule has 0 saturated carbocycles. The monoisotopic (exact) mass is 382 g/mol. The van der Waals surface area contributed by atoms with E-state index in [1.165, 1.54) is 17.8 Å². The molecule has 2 aromatic carbocycles. The minimum Gasteiger partial charge on any atom is -0.310 e. The first-order chi connectivity index (χ1) is 13.1. The van der Waals surface area contributed by atoms with Crippen molar-refractivity contribution in [3.8, 4) is 0 Å². The first-order valence-electron chi connectivity index (χ1n) is 8.25. The number of benzene rings is 2. The number of hydrogen-bond donors (Lipinski definition) is 2. The molecule has 0 aliphatic heterocycles. The Morgan fingerprint density at radius 1 is 0.963 bits per heavy atom. The van der Waals surface area contributed by atoms with Gasteiger partial charge in [0.1, 0.15) is 11.3 Å². The van der Waals surface area contributed by atoms with E-state index in [0.717, 1.165) is 5.56 Å². The van der Waals surface area contributed by atoms with E-state index >= 15 is 0 Å². The largest absolute Gasteiger partial charge is 0.310 e. The maximum absolute atomic E-state index is 13.9. The SMILES string of the molecule is O=c1[nH][nH]c(=O)c2c1nc(SCc1ccccc1F)n2Cc1ccccc1. The van der Waals surface area contributed by atoms with Gasteiger partial charge in [0.05, 0.1) is 6.54 Å². The van der Waals surface area contributed by atoms with E-state index < -0.39 is 11.1 Å². The van der Waals surface area contributed by atoms with Crippen molar-refractivity contribution < 1.29 is 4.39 Å². The molecule has 0 fully saturated rings. The van der Waals surface area contributed by atoms with Gasteiger partial charge in [-0.1, -0.05) is 60.3 Å². The predicted molar refractivity (Wildman–Crippen MR) is 102 cm³/mol. The molecule has 2 N–H and O–H groups in total. The van der Waals surface area contributed by atoms with Crippen LogP contribution >= 0.6 is 11.8 Å². The fourth-order valence-electron chi connectivity index (χ4n) is 2.83. The van der Waals surface area contributed by atoms with E-state index in [4.69, 9.17) is 0 Å². The van der Waals surface area contributed by atoms with Gasteiger partial charge in [-0.3, -0.25) is 19.8 Å². The number of halogens is 1. The molecule has 0 aliphatic rings. The van der Waals surface area contributed by atoms with Crippen LogP contribution in [0.5, 0.6) is 0 Å². The topological polar surface area (TPSA) is 83.5 Å². The Labute approximate surface area is 157 Å². The molecular formula is C19H15FN4O2S. The lowest BCUT2D eigenvalue weighted by Gasteiger charge is -2.09. The molecule has 4 aromatic rings. The first kappa shape index (κ1) is 17.3. The zero-order chi connectivity index (χ0) is 18.8. The van der Waals surface area contributed by atoms with Gasteiger partial charge in [0.15, 0.2) is 10.7 Å². The Hall–Kier alpha value is -3.13. The third-order valence-corrected chi connectivity index (χ3v) is 5.18. The number of H-pyrrole nitrogens is 2. The Morgan fingerprint density at radius 3 is 2.44 bits per heavy atom. The summed E-state index contributed by atoms with van der Waals surface area (Å²) < 4.78 is 15.6. The van der Waals surface area contributed by atoms with Gasteiger partial charge in [-0.05, 0) is 17.2 Å². The van der Waals surface area contributed by atoms with Crippen molar-refractivity contribution in [3.63, 3.8) is 0 Å². The Kier molecular flexibility index (Phi) is 4.64. The Morgan fingerprint density at radius 2 is 1.67 bits per heavy atom. The molecule has 0 atom stereocenters. The second-order valence-electron chi connectivity index (χ2n) is 5.95. The van der Waals surface area contributed by atoms with Crippen molar-refractivity contribution in [2.45, 2.75) is 17.5 Å². The van der Waals surface area contributed by atoms with Crippen LogP contribution in [0.3, 0.4) is 0 Å². The van der Waals surface area contributed by atoms with E-state index in [0.29, 0.717) is 23.0 Å². The summed E-state index contributed by atoms with van der Waals surface area (Å²) in [5.41, 5.74) is 0.882. The number of thioether (sulfide) groups is 1. The van der Waals surface area contributed by atoms with Crippen LogP contribution in [0.25, 0.3) is 11.0 Å². The van der Waals surface area contributed by atoms with E-state index in [1.807, 2.05) is 30.3 Å². The van der Waals surface area contributed by atoms with Crippen molar-refractivity contribution in [2.24, 2.45) is 0 Å². The molecule has 136 valence electrons. The van der Waals surface area contributed by atoms with Gasteiger partial charge in [0.25, 0.3) is 11.1 Å². The minimum atomic E-state index is -0.468. The molecule has 2 aromatic heterocycles. The summed E-state index contributed by atoms with van der Waals surface area (Å²) >= 11 is 1.28.